The minimum Gasteiger partial charge on any atom is -0.465 e. The molecular weight excluding hydrogens is 178 g/mol. The van der Waals surface area contributed by atoms with E-state index in [1.54, 1.807) is 0 Å². The maximum atomic E-state index is 11.8. The van der Waals surface area contributed by atoms with Crippen LogP contribution in [-0.2, 0) is 9.53 Å². The predicted molar refractivity (Wildman–Crippen MR) is 56.1 cm³/mol. The molecular formula is C11H21NO2. The van der Waals surface area contributed by atoms with Gasteiger partial charge in [-0.2, -0.15) is 0 Å². The summed E-state index contributed by atoms with van der Waals surface area (Å²) in [4.78, 5) is 11.8. The summed E-state index contributed by atoms with van der Waals surface area (Å²) < 4.78 is 5.11. The largest absolute Gasteiger partial charge is 0.465 e. The van der Waals surface area contributed by atoms with Crippen molar-refractivity contribution in [2.75, 3.05) is 13.7 Å². The summed E-state index contributed by atoms with van der Waals surface area (Å²) >= 11 is 0. The third kappa shape index (κ3) is 2.08. The van der Waals surface area contributed by atoms with Crippen LogP contribution in [0.4, 0.5) is 0 Å². The van der Waals surface area contributed by atoms with E-state index in [0.717, 1.165) is 19.3 Å². The van der Waals surface area contributed by atoms with Crippen molar-refractivity contribution in [2.45, 2.75) is 45.6 Å². The first-order chi connectivity index (χ1) is 6.46. The fraction of sp³-hybridized carbons (Fsp3) is 0.909. The average molecular weight is 199 g/mol. The van der Waals surface area contributed by atoms with Crippen molar-refractivity contribution in [3.8, 4) is 0 Å². The number of ether oxygens (including phenoxy) is 1. The Balaban J connectivity index is 2.74. The van der Waals surface area contributed by atoms with E-state index in [1.165, 1.54) is 0 Å². The maximum Gasteiger partial charge on any atom is 0.326 e. The maximum absolute atomic E-state index is 11.8. The molecule has 3 heteroatoms. The van der Waals surface area contributed by atoms with Crippen LogP contribution in [-0.4, -0.2) is 25.2 Å². The number of rotatable bonds is 3. The number of likely N-dealkylation sites (N-methyl/N-ethyl adjacent to an activating group) is 1. The van der Waals surface area contributed by atoms with E-state index >= 15 is 0 Å². The minimum atomic E-state index is -0.431. The van der Waals surface area contributed by atoms with Crippen molar-refractivity contribution in [1.82, 2.24) is 5.32 Å². The molecule has 0 aromatic heterocycles. The fourth-order valence-corrected chi connectivity index (χ4v) is 2.30. The molecule has 1 saturated carbocycles. The van der Waals surface area contributed by atoms with Crippen molar-refractivity contribution in [1.29, 1.82) is 0 Å². The number of carbonyl (C=O) groups is 1. The first-order valence-electron chi connectivity index (χ1n) is 5.32. The van der Waals surface area contributed by atoms with Crippen LogP contribution in [0, 0.1) is 5.41 Å². The summed E-state index contributed by atoms with van der Waals surface area (Å²) in [5, 5.41) is 3.14. The van der Waals surface area contributed by atoms with Gasteiger partial charge in [-0.25, -0.2) is 0 Å². The highest BCUT2D eigenvalue weighted by Crippen LogP contribution is 2.43. The number of esters is 1. The second-order valence-corrected chi connectivity index (χ2v) is 4.89. The molecule has 0 radical (unpaired) electrons. The lowest BCUT2D eigenvalue weighted by Gasteiger charge is -2.28. The Morgan fingerprint density at radius 3 is 2.43 bits per heavy atom. The smallest absolute Gasteiger partial charge is 0.326 e. The number of hydrogen-bond donors (Lipinski definition) is 1. The van der Waals surface area contributed by atoms with Gasteiger partial charge in [0.2, 0.25) is 0 Å². The first kappa shape index (κ1) is 11.5. The highest BCUT2D eigenvalue weighted by Gasteiger charge is 2.48. The molecule has 3 nitrogen and oxygen atoms in total. The van der Waals surface area contributed by atoms with Crippen molar-refractivity contribution >= 4 is 5.97 Å². The van der Waals surface area contributed by atoms with Gasteiger partial charge in [-0.3, -0.25) is 4.79 Å². The van der Waals surface area contributed by atoms with Crippen LogP contribution < -0.4 is 5.32 Å². The van der Waals surface area contributed by atoms with Crippen molar-refractivity contribution in [3.05, 3.63) is 0 Å². The van der Waals surface area contributed by atoms with E-state index < -0.39 is 5.54 Å². The van der Waals surface area contributed by atoms with Crippen LogP contribution >= 0.6 is 0 Å². The Morgan fingerprint density at radius 2 is 2.07 bits per heavy atom. The molecule has 1 atom stereocenters. The Labute approximate surface area is 86.2 Å². The molecule has 1 rings (SSSR count). The highest BCUT2D eigenvalue weighted by atomic mass is 16.5. The molecule has 0 saturated heterocycles. The van der Waals surface area contributed by atoms with Gasteiger partial charge in [0.15, 0.2) is 0 Å². The normalized spacial score (nSPS) is 30.3. The lowest BCUT2D eigenvalue weighted by atomic mass is 9.88. The van der Waals surface area contributed by atoms with E-state index in [-0.39, 0.29) is 11.4 Å². The summed E-state index contributed by atoms with van der Waals surface area (Å²) in [7, 11) is 1.85. The Morgan fingerprint density at radius 1 is 1.43 bits per heavy atom. The van der Waals surface area contributed by atoms with Gasteiger partial charge in [0.05, 0.1) is 6.61 Å². The molecule has 0 bridgehead atoms. The molecule has 0 aromatic rings. The zero-order chi connectivity index (χ0) is 10.8. The predicted octanol–water partition coefficient (Wildman–Crippen LogP) is 1.72. The molecule has 14 heavy (non-hydrogen) atoms. The molecule has 0 spiro atoms. The van der Waals surface area contributed by atoms with Gasteiger partial charge in [0.25, 0.3) is 0 Å². The Hall–Kier alpha value is -0.570. The number of hydrogen-bond acceptors (Lipinski definition) is 3. The topological polar surface area (TPSA) is 38.3 Å². The van der Waals surface area contributed by atoms with Crippen molar-refractivity contribution < 1.29 is 9.53 Å². The standard InChI is InChI=1S/C11H21NO2/c1-5-14-9(13)11(12-4)7-6-10(2,3)8-11/h12H,5-8H2,1-4H3. The van der Waals surface area contributed by atoms with Crippen LogP contribution in [0.2, 0.25) is 0 Å². The SMILES string of the molecule is CCOC(=O)C1(NC)CCC(C)(C)C1. The van der Waals surface area contributed by atoms with E-state index in [2.05, 4.69) is 19.2 Å². The Kier molecular flexibility index (Phi) is 3.20. The summed E-state index contributed by atoms with van der Waals surface area (Å²) in [6, 6.07) is 0. The molecule has 1 fully saturated rings. The molecule has 1 N–H and O–H groups in total. The number of carbonyl (C=O) groups excluding carboxylic acids is 1. The van der Waals surface area contributed by atoms with Crippen LogP contribution in [0.5, 0.6) is 0 Å². The van der Waals surface area contributed by atoms with Gasteiger partial charge in [-0.15, -0.1) is 0 Å². The van der Waals surface area contributed by atoms with Crippen LogP contribution in [0.3, 0.4) is 0 Å². The minimum absolute atomic E-state index is 0.0897. The molecule has 0 aliphatic heterocycles. The summed E-state index contributed by atoms with van der Waals surface area (Å²) in [6.45, 7) is 6.71. The average Bonchev–Trinajstić information content (AvgIpc) is 2.43. The molecule has 1 aliphatic carbocycles. The second-order valence-electron chi connectivity index (χ2n) is 4.89. The summed E-state index contributed by atoms with van der Waals surface area (Å²) in [6.07, 6.45) is 2.83. The zero-order valence-corrected chi connectivity index (χ0v) is 9.64. The van der Waals surface area contributed by atoms with Crippen LogP contribution in [0.15, 0.2) is 0 Å². The third-order valence-electron chi connectivity index (χ3n) is 3.15. The Bertz CT molecular complexity index is 225. The van der Waals surface area contributed by atoms with E-state index in [4.69, 9.17) is 4.74 Å². The van der Waals surface area contributed by atoms with Crippen LogP contribution in [0.25, 0.3) is 0 Å². The third-order valence-corrected chi connectivity index (χ3v) is 3.15. The molecule has 0 amide bonds. The number of nitrogens with one attached hydrogen (secondary N) is 1. The fourth-order valence-electron chi connectivity index (χ4n) is 2.30. The molecule has 1 unspecified atom stereocenters. The van der Waals surface area contributed by atoms with Gasteiger partial charge in [0.1, 0.15) is 5.54 Å². The second kappa shape index (κ2) is 3.89. The summed E-state index contributed by atoms with van der Waals surface area (Å²) in [5.41, 5.74) is -0.185. The first-order valence-corrected chi connectivity index (χ1v) is 5.32. The lowest BCUT2D eigenvalue weighted by Crippen LogP contribution is -2.49. The molecule has 0 aromatic carbocycles. The molecule has 1 aliphatic rings. The van der Waals surface area contributed by atoms with Gasteiger partial charge < -0.3 is 10.1 Å². The zero-order valence-electron chi connectivity index (χ0n) is 9.64. The molecule has 82 valence electrons. The van der Waals surface area contributed by atoms with Crippen molar-refractivity contribution in [3.63, 3.8) is 0 Å². The lowest BCUT2D eigenvalue weighted by molar-refractivity contribution is -0.151. The quantitative estimate of drug-likeness (QED) is 0.703. The van der Waals surface area contributed by atoms with Gasteiger partial charge in [0, 0.05) is 0 Å². The molecule has 0 heterocycles. The van der Waals surface area contributed by atoms with Crippen LogP contribution in [0.1, 0.15) is 40.0 Å². The van der Waals surface area contributed by atoms with E-state index in [9.17, 15) is 4.79 Å². The van der Waals surface area contributed by atoms with Crippen molar-refractivity contribution in [2.24, 2.45) is 5.41 Å². The van der Waals surface area contributed by atoms with E-state index in [1.807, 2.05) is 14.0 Å². The van der Waals surface area contributed by atoms with Gasteiger partial charge in [-0.1, -0.05) is 13.8 Å². The van der Waals surface area contributed by atoms with Gasteiger partial charge >= 0.3 is 5.97 Å². The highest BCUT2D eigenvalue weighted by molar-refractivity contribution is 5.81. The monoisotopic (exact) mass is 199 g/mol. The summed E-state index contributed by atoms with van der Waals surface area (Å²) in [5.74, 6) is -0.0897. The van der Waals surface area contributed by atoms with Gasteiger partial charge in [-0.05, 0) is 38.6 Å². The van der Waals surface area contributed by atoms with E-state index in [0.29, 0.717) is 6.61 Å².